The van der Waals surface area contributed by atoms with Gasteiger partial charge in [0.2, 0.25) is 0 Å². The lowest BCUT2D eigenvalue weighted by Crippen LogP contribution is -2.35. The summed E-state index contributed by atoms with van der Waals surface area (Å²) in [4.78, 5) is 31.1. The molecule has 0 aromatic heterocycles. The molecule has 5 rings (SSSR count). The number of rotatable bonds is 5. The van der Waals surface area contributed by atoms with Crippen molar-refractivity contribution in [2.45, 2.75) is 20.3 Å². The van der Waals surface area contributed by atoms with Gasteiger partial charge in [-0.2, -0.15) is 0 Å². The Kier molecular flexibility index (Phi) is 5.36. The van der Waals surface area contributed by atoms with Crippen LogP contribution in [0.2, 0.25) is 0 Å². The van der Waals surface area contributed by atoms with Gasteiger partial charge >= 0.3 is 0 Å². The number of hydrogen-bond donors (Lipinski definition) is 0. The normalized spacial score (nSPS) is 15.3. The molecule has 2 amide bonds. The third-order valence-corrected chi connectivity index (χ3v) is 6.64. The van der Waals surface area contributed by atoms with Gasteiger partial charge in [0.05, 0.1) is 25.5 Å². The maximum atomic E-state index is 13.9. The van der Waals surface area contributed by atoms with Gasteiger partial charge in [-0.1, -0.05) is 30.3 Å². The minimum atomic E-state index is -0.347. The average molecular weight is 455 g/mol. The van der Waals surface area contributed by atoms with E-state index >= 15 is 0 Å². The van der Waals surface area contributed by atoms with E-state index in [2.05, 4.69) is 6.07 Å². The Morgan fingerprint density at radius 1 is 0.794 bits per heavy atom. The number of aryl methyl sites for hydroxylation is 2. The van der Waals surface area contributed by atoms with E-state index in [9.17, 15) is 9.59 Å². The van der Waals surface area contributed by atoms with Crippen LogP contribution in [0.25, 0.3) is 5.57 Å². The molecule has 0 unspecified atom stereocenters. The monoisotopic (exact) mass is 454 g/mol. The number of hydrogen-bond acceptors (Lipinski definition) is 5. The largest absolute Gasteiger partial charge is 0.493 e. The van der Waals surface area contributed by atoms with Crippen molar-refractivity contribution in [1.82, 2.24) is 0 Å². The molecule has 3 aromatic carbocycles. The third-order valence-electron chi connectivity index (χ3n) is 6.64. The number of imide groups is 1. The second-order valence-corrected chi connectivity index (χ2v) is 8.54. The zero-order valence-electron chi connectivity index (χ0n) is 19.7. The van der Waals surface area contributed by atoms with Crippen molar-refractivity contribution in [2.75, 3.05) is 30.6 Å². The molecule has 0 aliphatic carbocycles. The first kappa shape index (κ1) is 21.8. The first-order valence-corrected chi connectivity index (χ1v) is 11.2. The van der Waals surface area contributed by atoms with Crippen LogP contribution in [-0.2, 0) is 16.0 Å². The number of amides is 2. The van der Waals surface area contributed by atoms with Crippen LogP contribution in [-0.4, -0.2) is 32.6 Å². The molecule has 2 aliphatic rings. The smallest absolute Gasteiger partial charge is 0.282 e. The van der Waals surface area contributed by atoms with Gasteiger partial charge in [-0.3, -0.25) is 9.59 Å². The summed E-state index contributed by atoms with van der Waals surface area (Å²) in [5.41, 5.74) is 6.17. The predicted molar refractivity (Wildman–Crippen MR) is 132 cm³/mol. The molecule has 0 atom stereocenters. The van der Waals surface area contributed by atoms with Crippen molar-refractivity contribution in [3.8, 4) is 11.5 Å². The van der Waals surface area contributed by atoms with Crippen LogP contribution >= 0.6 is 0 Å². The molecule has 2 heterocycles. The van der Waals surface area contributed by atoms with Gasteiger partial charge in [-0.25, -0.2) is 4.90 Å². The van der Waals surface area contributed by atoms with Crippen LogP contribution in [0, 0.1) is 13.8 Å². The van der Waals surface area contributed by atoms with Crippen LogP contribution in [0.5, 0.6) is 11.5 Å². The van der Waals surface area contributed by atoms with E-state index in [1.807, 2.05) is 55.1 Å². The fraction of sp³-hybridized carbons (Fsp3) is 0.214. The predicted octanol–water partition coefficient (Wildman–Crippen LogP) is 4.67. The van der Waals surface area contributed by atoms with Crippen LogP contribution in [0.3, 0.4) is 0 Å². The molecule has 0 fully saturated rings. The highest BCUT2D eigenvalue weighted by Gasteiger charge is 2.44. The molecule has 6 nitrogen and oxygen atoms in total. The molecule has 0 bridgehead atoms. The van der Waals surface area contributed by atoms with Crippen molar-refractivity contribution in [2.24, 2.45) is 0 Å². The molecule has 172 valence electrons. The van der Waals surface area contributed by atoms with Crippen molar-refractivity contribution in [1.29, 1.82) is 0 Å². The number of para-hydroxylation sites is 1. The highest BCUT2D eigenvalue weighted by molar-refractivity contribution is 6.46. The second-order valence-electron chi connectivity index (χ2n) is 8.54. The molecule has 0 N–H and O–H groups in total. The fourth-order valence-electron chi connectivity index (χ4n) is 4.69. The van der Waals surface area contributed by atoms with E-state index in [0.717, 1.165) is 28.8 Å². The maximum absolute atomic E-state index is 13.9. The number of anilines is 2. The average Bonchev–Trinajstić information content (AvgIpc) is 3.38. The standard InChI is InChI=1S/C28H26N2O4/c1-17-9-11-21(15-18(17)2)30-27(31)25(20-10-12-23(33-3)24(16-20)34-4)26(28(30)32)29-14-13-19-7-5-6-8-22(19)29/h5-12,15-16H,13-14H2,1-4H3. The van der Waals surface area contributed by atoms with E-state index < -0.39 is 0 Å². The quantitative estimate of drug-likeness (QED) is 0.525. The van der Waals surface area contributed by atoms with Gasteiger partial charge in [0, 0.05) is 12.2 Å². The molecule has 2 aliphatic heterocycles. The fourth-order valence-corrected chi connectivity index (χ4v) is 4.69. The second kappa shape index (κ2) is 8.37. The Morgan fingerprint density at radius 3 is 2.29 bits per heavy atom. The first-order chi connectivity index (χ1) is 16.4. The number of carbonyl (C=O) groups is 2. The van der Waals surface area contributed by atoms with Gasteiger partial charge in [0.15, 0.2) is 11.5 Å². The number of methoxy groups -OCH3 is 2. The minimum absolute atomic E-state index is 0.324. The Morgan fingerprint density at radius 2 is 1.56 bits per heavy atom. The van der Waals surface area contributed by atoms with E-state index in [4.69, 9.17) is 9.47 Å². The first-order valence-electron chi connectivity index (χ1n) is 11.2. The van der Waals surface area contributed by atoms with E-state index in [1.165, 1.54) is 4.90 Å². The molecule has 3 aromatic rings. The highest BCUT2D eigenvalue weighted by atomic mass is 16.5. The van der Waals surface area contributed by atoms with Crippen LogP contribution < -0.4 is 19.3 Å². The van der Waals surface area contributed by atoms with Crippen molar-refractivity contribution in [3.63, 3.8) is 0 Å². The number of benzene rings is 3. The van der Waals surface area contributed by atoms with Crippen molar-refractivity contribution in [3.05, 3.63) is 88.6 Å². The third kappa shape index (κ3) is 3.34. The lowest BCUT2D eigenvalue weighted by Gasteiger charge is -2.22. The summed E-state index contributed by atoms with van der Waals surface area (Å²) < 4.78 is 10.9. The topological polar surface area (TPSA) is 59.1 Å². The SMILES string of the molecule is COc1ccc(C2=C(N3CCc4ccccc43)C(=O)N(c3ccc(C)c(C)c3)C2=O)cc1OC. The lowest BCUT2D eigenvalue weighted by molar-refractivity contribution is -0.120. The van der Waals surface area contributed by atoms with Gasteiger partial charge in [-0.05, 0) is 72.9 Å². The number of ether oxygens (including phenoxy) is 2. The zero-order valence-corrected chi connectivity index (χ0v) is 19.7. The molecular weight excluding hydrogens is 428 g/mol. The highest BCUT2D eigenvalue weighted by Crippen LogP contribution is 2.41. The molecule has 6 heteroatoms. The van der Waals surface area contributed by atoms with Gasteiger partial charge in [-0.15, -0.1) is 0 Å². The van der Waals surface area contributed by atoms with E-state index in [0.29, 0.717) is 40.6 Å². The number of fused-ring (bicyclic) bond motifs is 1. The molecule has 0 radical (unpaired) electrons. The van der Waals surface area contributed by atoms with E-state index in [1.54, 1.807) is 32.4 Å². The van der Waals surface area contributed by atoms with Crippen LogP contribution in [0.1, 0.15) is 22.3 Å². The summed E-state index contributed by atoms with van der Waals surface area (Å²) in [6, 6.07) is 19.0. The Bertz CT molecular complexity index is 1360. The zero-order chi connectivity index (χ0) is 24.0. The molecular formula is C28H26N2O4. The summed E-state index contributed by atoms with van der Waals surface area (Å²) in [7, 11) is 3.12. The Hall–Kier alpha value is -4.06. The Balaban J connectivity index is 1.70. The van der Waals surface area contributed by atoms with Crippen molar-refractivity contribution < 1.29 is 19.1 Å². The van der Waals surface area contributed by atoms with Crippen LogP contribution in [0.15, 0.2) is 66.4 Å². The lowest BCUT2D eigenvalue weighted by atomic mass is 10.0. The minimum Gasteiger partial charge on any atom is -0.493 e. The summed E-state index contributed by atoms with van der Waals surface area (Å²) in [5, 5.41) is 0. The summed E-state index contributed by atoms with van der Waals surface area (Å²) >= 11 is 0. The maximum Gasteiger partial charge on any atom is 0.282 e. The molecule has 0 spiro atoms. The van der Waals surface area contributed by atoms with Crippen LogP contribution in [0.4, 0.5) is 11.4 Å². The van der Waals surface area contributed by atoms with Gasteiger partial charge in [0.1, 0.15) is 5.70 Å². The van der Waals surface area contributed by atoms with Crippen molar-refractivity contribution >= 4 is 28.8 Å². The van der Waals surface area contributed by atoms with E-state index in [-0.39, 0.29) is 11.8 Å². The molecule has 0 saturated heterocycles. The summed E-state index contributed by atoms with van der Waals surface area (Å²) in [6.07, 6.45) is 0.810. The summed E-state index contributed by atoms with van der Waals surface area (Å²) in [6.45, 7) is 4.61. The van der Waals surface area contributed by atoms with Gasteiger partial charge < -0.3 is 14.4 Å². The number of nitrogens with zero attached hydrogens (tertiary/aromatic N) is 2. The van der Waals surface area contributed by atoms with Gasteiger partial charge in [0.25, 0.3) is 11.8 Å². The Labute approximate surface area is 199 Å². The summed E-state index contributed by atoms with van der Waals surface area (Å²) in [5.74, 6) is 0.385. The molecule has 0 saturated carbocycles. The number of carbonyl (C=O) groups excluding carboxylic acids is 2. The molecule has 34 heavy (non-hydrogen) atoms.